The van der Waals surface area contributed by atoms with E-state index < -0.39 is 29.6 Å². The molecule has 2 aliphatic rings. The predicted molar refractivity (Wildman–Crippen MR) is 64.7 cm³/mol. The third kappa shape index (κ3) is 1.95. The molecule has 1 heterocycles. The highest BCUT2D eigenvalue weighted by Gasteiger charge is 2.51. The van der Waals surface area contributed by atoms with Gasteiger partial charge in [0.1, 0.15) is 11.6 Å². The largest absolute Gasteiger partial charge is 0.481 e. The van der Waals surface area contributed by atoms with Crippen LogP contribution in [0.2, 0.25) is 0 Å². The van der Waals surface area contributed by atoms with E-state index in [9.17, 15) is 23.5 Å². The van der Waals surface area contributed by atoms with Crippen LogP contribution in [0.4, 0.5) is 8.78 Å². The molecule has 2 fully saturated rings. The third-order valence-corrected chi connectivity index (χ3v) is 3.92. The molecule has 1 aromatic carbocycles. The molecule has 0 aromatic heterocycles. The summed E-state index contributed by atoms with van der Waals surface area (Å²) in [5.74, 6) is -4.25. The molecule has 0 radical (unpaired) electrons. The lowest BCUT2D eigenvalue weighted by Gasteiger charge is -2.27. The summed E-state index contributed by atoms with van der Waals surface area (Å²) in [6, 6.07) is 2.27. The molecule has 1 saturated carbocycles. The molecule has 106 valence electrons. The third-order valence-electron chi connectivity index (χ3n) is 3.92. The molecule has 6 heteroatoms. The molecular weight excluding hydrogens is 268 g/mol. The normalized spacial score (nSPS) is 26.1. The van der Waals surface area contributed by atoms with Crippen LogP contribution in [0.3, 0.4) is 0 Å². The minimum atomic E-state index is -1.20. The van der Waals surface area contributed by atoms with Crippen molar-refractivity contribution < 1.29 is 23.5 Å². The molecule has 1 N–H and O–H groups in total. The molecule has 0 bridgehead atoms. The second kappa shape index (κ2) is 4.54. The molecule has 2 unspecified atom stereocenters. The Morgan fingerprint density at radius 1 is 1.25 bits per heavy atom. The van der Waals surface area contributed by atoms with Gasteiger partial charge in [0, 0.05) is 18.0 Å². The van der Waals surface area contributed by atoms with E-state index >= 15 is 0 Å². The SMILES string of the molecule is O=C(O)C1CC(=O)N(C2CC2)C1c1c(F)cccc1F. The lowest BCUT2D eigenvalue weighted by molar-refractivity contribution is -0.142. The first-order valence-electron chi connectivity index (χ1n) is 6.48. The molecule has 20 heavy (non-hydrogen) atoms. The van der Waals surface area contributed by atoms with Crippen molar-refractivity contribution in [3.63, 3.8) is 0 Å². The Hall–Kier alpha value is -1.98. The van der Waals surface area contributed by atoms with Crippen LogP contribution < -0.4 is 0 Å². The molecule has 4 nitrogen and oxygen atoms in total. The van der Waals surface area contributed by atoms with Crippen LogP contribution in [0.5, 0.6) is 0 Å². The minimum absolute atomic E-state index is 0.0872. The number of carboxylic acids is 1. The topological polar surface area (TPSA) is 57.6 Å². The Bertz CT molecular complexity index is 566. The molecule has 2 atom stereocenters. The van der Waals surface area contributed by atoms with Crippen molar-refractivity contribution in [1.82, 2.24) is 4.90 Å². The predicted octanol–water partition coefficient (Wildman–Crippen LogP) is 2.10. The summed E-state index contributed by atoms with van der Waals surface area (Å²) in [5, 5.41) is 9.24. The molecule has 0 spiro atoms. The van der Waals surface area contributed by atoms with Crippen LogP contribution in [-0.2, 0) is 9.59 Å². The molecule has 1 aliphatic carbocycles. The Balaban J connectivity index is 2.10. The Labute approximate surface area is 114 Å². The number of benzene rings is 1. The highest BCUT2D eigenvalue weighted by atomic mass is 19.1. The van der Waals surface area contributed by atoms with E-state index in [-0.39, 0.29) is 23.9 Å². The number of hydrogen-bond donors (Lipinski definition) is 1. The van der Waals surface area contributed by atoms with Gasteiger partial charge in [-0.15, -0.1) is 0 Å². The summed E-state index contributed by atoms with van der Waals surface area (Å²) in [7, 11) is 0. The van der Waals surface area contributed by atoms with Crippen LogP contribution in [0.1, 0.15) is 30.9 Å². The first kappa shape index (κ1) is 13.0. The summed E-state index contributed by atoms with van der Waals surface area (Å²) >= 11 is 0. The summed E-state index contributed by atoms with van der Waals surface area (Å²) in [5.41, 5.74) is -0.308. The van der Waals surface area contributed by atoms with Gasteiger partial charge < -0.3 is 10.0 Å². The number of halogens is 2. The van der Waals surface area contributed by atoms with Gasteiger partial charge in [-0.1, -0.05) is 6.07 Å². The van der Waals surface area contributed by atoms with Crippen molar-refractivity contribution >= 4 is 11.9 Å². The molecular formula is C14H13F2NO3. The average molecular weight is 281 g/mol. The summed E-state index contributed by atoms with van der Waals surface area (Å²) in [6.07, 6.45) is 1.31. The van der Waals surface area contributed by atoms with E-state index in [1.165, 1.54) is 11.0 Å². The van der Waals surface area contributed by atoms with Crippen molar-refractivity contribution in [3.8, 4) is 0 Å². The zero-order chi connectivity index (χ0) is 14.4. The lowest BCUT2D eigenvalue weighted by atomic mass is 9.93. The smallest absolute Gasteiger partial charge is 0.309 e. The maximum Gasteiger partial charge on any atom is 0.309 e. The molecule has 1 saturated heterocycles. The Morgan fingerprint density at radius 3 is 2.35 bits per heavy atom. The monoisotopic (exact) mass is 281 g/mol. The van der Waals surface area contributed by atoms with Gasteiger partial charge in [-0.25, -0.2) is 8.78 Å². The maximum absolute atomic E-state index is 14.0. The molecule has 1 aromatic rings. The van der Waals surface area contributed by atoms with Gasteiger partial charge in [0.25, 0.3) is 0 Å². The van der Waals surface area contributed by atoms with Gasteiger partial charge in [0.2, 0.25) is 5.91 Å². The fourth-order valence-corrected chi connectivity index (χ4v) is 2.89. The number of amides is 1. The van der Waals surface area contributed by atoms with Gasteiger partial charge >= 0.3 is 5.97 Å². The van der Waals surface area contributed by atoms with Gasteiger partial charge in [-0.05, 0) is 25.0 Å². The molecule has 1 amide bonds. The number of carboxylic acid groups (broad SMARTS) is 1. The van der Waals surface area contributed by atoms with Crippen molar-refractivity contribution in [2.45, 2.75) is 31.3 Å². The number of carbonyl (C=O) groups excluding carboxylic acids is 1. The van der Waals surface area contributed by atoms with Crippen molar-refractivity contribution in [2.75, 3.05) is 0 Å². The van der Waals surface area contributed by atoms with Crippen molar-refractivity contribution in [1.29, 1.82) is 0 Å². The van der Waals surface area contributed by atoms with E-state index in [1.54, 1.807) is 0 Å². The first-order valence-corrected chi connectivity index (χ1v) is 6.48. The lowest BCUT2D eigenvalue weighted by Crippen LogP contribution is -2.33. The van der Waals surface area contributed by atoms with Crippen molar-refractivity contribution in [3.05, 3.63) is 35.4 Å². The van der Waals surface area contributed by atoms with E-state index in [1.807, 2.05) is 0 Å². The van der Waals surface area contributed by atoms with Crippen LogP contribution >= 0.6 is 0 Å². The maximum atomic E-state index is 14.0. The summed E-state index contributed by atoms with van der Waals surface area (Å²) < 4.78 is 27.9. The number of likely N-dealkylation sites (tertiary alicyclic amines) is 1. The van der Waals surface area contributed by atoms with E-state index in [2.05, 4.69) is 0 Å². The number of nitrogens with zero attached hydrogens (tertiary/aromatic N) is 1. The molecule has 3 rings (SSSR count). The van der Waals surface area contributed by atoms with Crippen LogP contribution in [-0.4, -0.2) is 27.9 Å². The summed E-state index contributed by atoms with van der Waals surface area (Å²) in [4.78, 5) is 24.7. The van der Waals surface area contributed by atoms with E-state index in [4.69, 9.17) is 0 Å². The van der Waals surface area contributed by atoms with Gasteiger partial charge in [0.15, 0.2) is 0 Å². The van der Waals surface area contributed by atoms with E-state index in [0.717, 1.165) is 25.0 Å². The first-order chi connectivity index (χ1) is 9.50. The Morgan fingerprint density at radius 2 is 1.85 bits per heavy atom. The highest BCUT2D eigenvalue weighted by molar-refractivity contribution is 5.87. The van der Waals surface area contributed by atoms with E-state index in [0.29, 0.717) is 0 Å². The zero-order valence-electron chi connectivity index (χ0n) is 10.6. The molecule has 1 aliphatic heterocycles. The fourth-order valence-electron chi connectivity index (χ4n) is 2.89. The van der Waals surface area contributed by atoms with Gasteiger partial charge in [-0.3, -0.25) is 9.59 Å². The number of rotatable bonds is 3. The number of hydrogen-bond acceptors (Lipinski definition) is 2. The number of aliphatic carboxylic acids is 1. The zero-order valence-corrected chi connectivity index (χ0v) is 10.6. The van der Waals surface area contributed by atoms with Gasteiger partial charge in [-0.2, -0.15) is 0 Å². The average Bonchev–Trinajstić information content (AvgIpc) is 3.14. The van der Waals surface area contributed by atoms with Crippen LogP contribution in [0.15, 0.2) is 18.2 Å². The van der Waals surface area contributed by atoms with Crippen molar-refractivity contribution in [2.24, 2.45) is 5.92 Å². The highest BCUT2D eigenvalue weighted by Crippen LogP contribution is 2.46. The quantitative estimate of drug-likeness (QED) is 0.923. The Kier molecular flexibility index (Phi) is 2.96. The standard InChI is InChI=1S/C14H13F2NO3/c15-9-2-1-3-10(16)12(9)13-8(14(19)20)6-11(18)17(13)7-4-5-7/h1-3,7-8,13H,4-6H2,(H,19,20). The fraction of sp³-hybridized carbons (Fsp3) is 0.429. The number of carbonyl (C=O) groups is 2. The minimum Gasteiger partial charge on any atom is -0.481 e. The second-order valence-electron chi connectivity index (χ2n) is 5.26. The van der Waals surface area contributed by atoms with Crippen LogP contribution in [0, 0.1) is 17.6 Å². The summed E-state index contributed by atoms with van der Waals surface area (Å²) in [6.45, 7) is 0. The second-order valence-corrected chi connectivity index (χ2v) is 5.26. The van der Waals surface area contributed by atoms with Crippen LogP contribution in [0.25, 0.3) is 0 Å². The van der Waals surface area contributed by atoms with Gasteiger partial charge in [0.05, 0.1) is 12.0 Å².